The van der Waals surface area contributed by atoms with Crippen LogP contribution in [0, 0.1) is 17.5 Å². The molecule has 0 heterocycles. The van der Waals surface area contributed by atoms with E-state index in [1.165, 1.54) is 44.6 Å². The van der Waals surface area contributed by atoms with Crippen molar-refractivity contribution in [3.63, 3.8) is 0 Å². The lowest BCUT2D eigenvalue weighted by atomic mass is 10.0. The second-order valence-electron chi connectivity index (χ2n) is 7.07. The number of sulfonamides is 1. The van der Waals surface area contributed by atoms with Crippen LogP contribution in [0.3, 0.4) is 0 Å². The van der Waals surface area contributed by atoms with Crippen LogP contribution in [-0.4, -0.2) is 35.1 Å². The molecule has 0 saturated heterocycles. The zero-order chi connectivity index (χ0) is 24.9. The third kappa shape index (κ3) is 5.86. The van der Waals surface area contributed by atoms with Gasteiger partial charge in [0, 0.05) is 23.7 Å². The minimum absolute atomic E-state index is 0.0827. The molecule has 0 unspecified atom stereocenters. The standard InChI is InChI=1S/C23H21F3N2O5S/c1-32-21-9-7-16(12-22(21)33-2)34(30,31)27-13-23(29)28-20-8-6-15(24)10-14(20)11-17-18(25)4-3-5-19(17)26/h3-10,12,27H,11,13H2,1-2H3,(H,28,29). The van der Waals surface area contributed by atoms with Crippen LogP contribution in [0.1, 0.15) is 11.1 Å². The molecule has 0 fully saturated rings. The Morgan fingerprint density at radius 3 is 2.24 bits per heavy atom. The SMILES string of the molecule is COc1ccc(S(=O)(=O)NCC(=O)Nc2ccc(F)cc2Cc2c(F)cccc2F)cc1OC. The molecule has 0 aromatic heterocycles. The van der Waals surface area contributed by atoms with E-state index >= 15 is 0 Å². The van der Waals surface area contributed by atoms with E-state index in [0.29, 0.717) is 5.75 Å². The van der Waals surface area contributed by atoms with Gasteiger partial charge in [0.05, 0.1) is 25.7 Å². The molecule has 0 spiro atoms. The first-order chi connectivity index (χ1) is 16.1. The average molecular weight is 494 g/mol. The monoisotopic (exact) mass is 494 g/mol. The zero-order valence-corrected chi connectivity index (χ0v) is 19.0. The summed E-state index contributed by atoms with van der Waals surface area (Å²) >= 11 is 0. The zero-order valence-electron chi connectivity index (χ0n) is 18.2. The predicted octanol–water partition coefficient (Wildman–Crippen LogP) is 3.63. The Kier molecular flexibility index (Phi) is 7.79. The number of anilines is 1. The van der Waals surface area contributed by atoms with Gasteiger partial charge < -0.3 is 14.8 Å². The Balaban J connectivity index is 1.74. The molecule has 180 valence electrons. The van der Waals surface area contributed by atoms with Crippen LogP contribution in [-0.2, 0) is 21.2 Å². The van der Waals surface area contributed by atoms with Gasteiger partial charge in [0.2, 0.25) is 15.9 Å². The fourth-order valence-corrected chi connectivity index (χ4v) is 4.14. The molecular formula is C23H21F3N2O5S. The van der Waals surface area contributed by atoms with Gasteiger partial charge in [-0.3, -0.25) is 4.79 Å². The van der Waals surface area contributed by atoms with E-state index in [0.717, 1.165) is 24.3 Å². The summed E-state index contributed by atoms with van der Waals surface area (Å²) in [5.74, 6) is -2.56. The Labute approximate surface area is 194 Å². The van der Waals surface area contributed by atoms with Gasteiger partial charge in [-0.05, 0) is 48.0 Å². The molecule has 0 aliphatic carbocycles. The summed E-state index contributed by atoms with van der Waals surface area (Å²) < 4.78 is 79.3. The number of rotatable bonds is 9. The van der Waals surface area contributed by atoms with Gasteiger partial charge in [0.1, 0.15) is 17.5 Å². The van der Waals surface area contributed by atoms with Crippen molar-refractivity contribution >= 4 is 21.6 Å². The van der Waals surface area contributed by atoms with Gasteiger partial charge in [0.25, 0.3) is 0 Å². The molecule has 3 rings (SSSR count). The van der Waals surface area contributed by atoms with E-state index in [1.54, 1.807) is 0 Å². The largest absolute Gasteiger partial charge is 0.493 e. The molecule has 2 N–H and O–H groups in total. The molecule has 0 aliphatic rings. The van der Waals surface area contributed by atoms with Crippen LogP contribution in [0.4, 0.5) is 18.9 Å². The van der Waals surface area contributed by atoms with Crippen molar-refractivity contribution < 1.29 is 35.9 Å². The van der Waals surface area contributed by atoms with Gasteiger partial charge in [-0.1, -0.05) is 6.07 Å². The molecule has 11 heteroatoms. The first-order valence-electron chi connectivity index (χ1n) is 9.87. The summed E-state index contributed by atoms with van der Waals surface area (Å²) in [6.07, 6.45) is -0.330. The van der Waals surface area contributed by atoms with E-state index in [-0.39, 0.29) is 33.9 Å². The number of methoxy groups -OCH3 is 2. The van der Waals surface area contributed by atoms with Gasteiger partial charge in [0.15, 0.2) is 11.5 Å². The van der Waals surface area contributed by atoms with Crippen LogP contribution >= 0.6 is 0 Å². The highest BCUT2D eigenvalue weighted by atomic mass is 32.2. The van der Waals surface area contributed by atoms with Crippen molar-refractivity contribution in [2.75, 3.05) is 26.1 Å². The normalized spacial score (nSPS) is 11.2. The first kappa shape index (κ1) is 25.1. The molecule has 0 bridgehead atoms. The molecular weight excluding hydrogens is 473 g/mol. The Morgan fingerprint density at radius 1 is 0.912 bits per heavy atom. The van der Waals surface area contributed by atoms with Gasteiger partial charge in [-0.15, -0.1) is 0 Å². The lowest BCUT2D eigenvalue weighted by Crippen LogP contribution is -2.33. The molecule has 3 aromatic rings. The van der Waals surface area contributed by atoms with E-state index in [2.05, 4.69) is 10.0 Å². The maximum Gasteiger partial charge on any atom is 0.241 e. The molecule has 3 aromatic carbocycles. The summed E-state index contributed by atoms with van der Waals surface area (Å²) in [6.45, 7) is -0.651. The number of ether oxygens (including phenoxy) is 2. The summed E-state index contributed by atoms with van der Waals surface area (Å²) in [5, 5.41) is 2.44. The molecule has 0 atom stereocenters. The lowest BCUT2D eigenvalue weighted by Gasteiger charge is -2.14. The number of amides is 1. The van der Waals surface area contributed by atoms with Crippen molar-refractivity contribution in [1.82, 2.24) is 4.72 Å². The summed E-state index contributed by atoms with van der Waals surface area (Å²) in [6, 6.07) is 10.6. The van der Waals surface area contributed by atoms with Crippen LogP contribution in [0.25, 0.3) is 0 Å². The minimum Gasteiger partial charge on any atom is -0.493 e. The Hall–Kier alpha value is -3.57. The average Bonchev–Trinajstić information content (AvgIpc) is 2.81. The molecule has 1 amide bonds. The highest BCUT2D eigenvalue weighted by Gasteiger charge is 2.19. The molecule has 0 saturated carbocycles. The van der Waals surface area contributed by atoms with Crippen LogP contribution in [0.5, 0.6) is 11.5 Å². The summed E-state index contributed by atoms with van der Waals surface area (Å²) in [5.41, 5.74) is -0.0998. The summed E-state index contributed by atoms with van der Waals surface area (Å²) in [4.78, 5) is 12.3. The fraction of sp³-hybridized carbons (Fsp3) is 0.174. The van der Waals surface area contributed by atoms with Crippen LogP contribution in [0.2, 0.25) is 0 Å². The lowest BCUT2D eigenvalue weighted by molar-refractivity contribution is -0.115. The van der Waals surface area contributed by atoms with Crippen molar-refractivity contribution in [3.05, 3.63) is 83.2 Å². The number of nitrogens with one attached hydrogen (secondary N) is 2. The number of hydrogen-bond acceptors (Lipinski definition) is 5. The van der Waals surface area contributed by atoms with Gasteiger partial charge >= 0.3 is 0 Å². The van der Waals surface area contributed by atoms with Crippen LogP contribution < -0.4 is 19.5 Å². The quantitative estimate of drug-likeness (QED) is 0.474. The molecule has 0 radical (unpaired) electrons. The predicted molar refractivity (Wildman–Crippen MR) is 119 cm³/mol. The minimum atomic E-state index is -4.09. The molecule has 0 aliphatic heterocycles. The van der Waals surface area contributed by atoms with Crippen LogP contribution in [0.15, 0.2) is 59.5 Å². The smallest absolute Gasteiger partial charge is 0.241 e. The van der Waals surface area contributed by atoms with Crippen molar-refractivity contribution in [3.8, 4) is 11.5 Å². The van der Waals surface area contributed by atoms with Crippen molar-refractivity contribution in [2.24, 2.45) is 0 Å². The Morgan fingerprint density at radius 2 is 1.59 bits per heavy atom. The van der Waals surface area contributed by atoms with Gasteiger partial charge in [-0.2, -0.15) is 0 Å². The number of carbonyl (C=O) groups excluding carboxylic acids is 1. The number of benzene rings is 3. The second-order valence-corrected chi connectivity index (χ2v) is 8.83. The number of carbonyl (C=O) groups is 1. The number of halogens is 3. The second kappa shape index (κ2) is 10.6. The topological polar surface area (TPSA) is 93.7 Å². The maximum atomic E-state index is 14.0. The van der Waals surface area contributed by atoms with Gasteiger partial charge in [-0.25, -0.2) is 26.3 Å². The third-order valence-electron chi connectivity index (χ3n) is 4.86. The van der Waals surface area contributed by atoms with E-state index < -0.39 is 39.9 Å². The molecule has 7 nitrogen and oxygen atoms in total. The fourth-order valence-electron chi connectivity index (χ4n) is 3.14. The van der Waals surface area contributed by atoms with E-state index in [4.69, 9.17) is 9.47 Å². The first-order valence-corrected chi connectivity index (χ1v) is 11.4. The van der Waals surface area contributed by atoms with E-state index in [9.17, 15) is 26.4 Å². The highest BCUT2D eigenvalue weighted by molar-refractivity contribution is 7.89. The highest BCUT2D eigenvalue weighted by Crippen LogP contribution is 2.29. The van der Waals surface area contributed by atoms with Crippen molar-refractivity contribution in [2.45, 2.75) is 11.3 Å². The maximum absolute atomic E-state index is 14.0. The Bertz CT molecular complexity index is 1300. The summed E-state index contributed by atoms with van der Waals surface area (Å²) in [7, 11) is -1.34. The van der Waals surface area contributed by atoms with Crippen molar-refractivity contribution in [1.29, 1.82) is 0 Å². The third-order valence-corrected chi connectivity index (χ3v) is 6.26. The van der Waals surface area contributed by atoms with E-state index in [1.807, 2.05) is 0 Å². The number of hydrogen-bond donors (Lipinski definition) is 2. The molecule has 34 heavy (non-hydrogen) atoms.